The Labute approximate surface area is 256 Å². The second kappa shape index (κ2) is 11.7. The molecule has 0 radical (unpaired) electrons. The van der Waals surface area contributed by atoms with Gasteiger partial charge in [0.25, 0.3) is 5.91 Å². The maximum Gasteiger partial charge on any atom is 0.327 e. The Balaban J connectivity index is 1.13. The van der Waals surface area contributed by atoms with E-state index in [9.17, 15) is 14.7 Å². The minimum absolute atomic E-state index is 0.226. The highest BCUT2D eigenvalue weighted by Gasteiger charge is 2.42. The van der Waals surface area contributed by atoms with Gasteiger partial charge in [-0.15, -0.1) is 0 Å². The molecule has 1 aliphatic heterocycles. The summed E-state index contributed by atoms with van der Waals surface area (Å²) >= 11 is 0. The molecule has 1 aliphatic rings. The molecule has 5 aromatic carbocycles. The van der Waals surface area contributed by atoms with Crippen molar-refractivity contribution in [3.8, 4) is 22.3 Å². The summed E-state index contributed by atoms with van der Waals surface area (Å²) in [4.78, 5) is 27.3. The van der Waals surface area contributed by atoms with E-state index in [1.54, 1.807) is 12.1 Å². The van der Waals surface area contributed by atoms with Crippen LogP contribution in [0.15, 0.2) is 138 Å². The number of carboxylic acids is 1. The van der Waals surface area contributed by atoms with Crippen molar-refractivity contribution < 1.29 is 19.1 Å². The highest BCUT2D eigenvalue weighted by molar-refractivity contribution is 5.98. The van der Waals surface area contributed by atoms with Crippen molar-refractivity contribution in [3.63, 3.8) is 0 Å². The second-order valence-corrected chi connectivity index (χ2v) is 11.3. The monoisotopic (exact) mass is 577 g/mol. The number of likely N-dealkylation sites (tertiary alicyclic amines) is 1. The molecule has 0 spiro atoms. The van der Waals surface area contributed by atoms with Crippen molar-refractivity contribution in [3.05, 3.63) is 156 Å². The van der Waals surface area contributed by atoms with E-state index in [0.29, 0.717) is 24.9 Å². The number of carbonyl (C=O) groups excluding carboxylic acids is 1. The predicted molar refractivity (Wildman–Crippen MR) is 173 cm³/mol. The molecule has 1 aromatic heterocycles. The van der Waals surface area contributed by atoms with Gasteiger partial charge in [-0.1, -0.05) is 115 Å². The molecule has 5 heteroatoms. The number of hydrogen-bond donors (Lipinski definition) is 1. The highest BCUT2D eigenvalue weighted by atomic mass is 16.4. The van der Waals surface area contributed by atoms with Gasteiger partial charge in [-0.05, 0) is 52.4 Å². The van der Waals surface area contributed by atoms with Crippen molar-refractivity contribution >= 4 is 22.8 Å². The van der Waals surface area contributed by atoms with Crippen LogP contribution in [-0.2, 0) is 11.2 Å². The third-order valence-corrected chi connectivity index (χ3v) is 8.65. The summed E-state index contributed by atoms with van der Waals surface area (Å²) in [7, 11) is 0. The number of carboxylic acid groups (broad SMARTS) is 1. The smallest absolute Gasteiger partial charge is 0.327 e. The lowest BCUT2D eigenvalue weighted by Crippen LogP contribution is -2.42. The molecular formula is C39H31NO4. The van der Waals surface area contributed by atoms with Crippen molar-refractivity contribution in [2.75, 3.05) is 6.54 Å². The number of furan rings is 1. The zero-order valence-electron chi connectivity index (χ0n) is 24.1. The first kappa shape index (κ1) is 27.4. The lowest BCUT2D eigenvalue weighted by atomic mass is 9.91. The van der Waals surface area contributed by atoms with E-state index in [1.807, 2.05) is 78.9 Å². The lowest BCUT2D eigenvalue weighted by molar-refractivity contribution is -0.141. The normalized spacial score (nSPS) is 16.3. The Hall–Kier alpha value is -5.42. The van der Waals surface area contributed by atoms with Gasteiger partial charge in [-0.3, -0.25) is 4.79 Å². The van der Waals surface area contributed by atoms with Crippen molar-refractivity contribution in [1.29, 1.82) is 0 Å². The summed E-state index contributed by atoms with van der Waals surface area (Å²) in [5.41, 5.74) is 7.69. The number of aliphatic carboxylic acids is 1. The molecule has 1 N–H and O–H groups in total. The van der Waals surface area contributed by atoms with Crippen LogP contribution in [0.4, 0.5) is 0 Å². The van der Waals surface area contributed by atoms with Gasteiger partial charge in [-0.25, -0.2) is 4.79 Å². The molecule has 7 rings (SSSR count). The summed E-state index contributed by atoms with van der Waals surface area (Å²) in [5.74, 6) is -0.519. The van der Waals surface area contributed by atoms with Gasteiger partial charge in [0.15, 0.2) is 0 Å². The number of benzene rings is 5. The Morgan fingerprint density at radius 3 is 1.98 bits per heavy atom. The number of amides is 1. The molecule has 1 amide bonds. The van der Waals surface area contributed by atoms with Crippen LogP contribution in [0.25, 0.3) is 33.2 Å². The molecule has 2 heterocycles. The van der Waals surface area contributed by atoms with Crippen LogP contribution in [0.5, 0.6) is 0 Å². The summed E-state index contributed by atoms with van der Waals surface area (Å²) in [5, 5.41) is 11.1. The highest BCUT2D eigenvalue weighted by Crippen LogP contribution is 2.38. The quantitative estimate of drug-likeness (QED) is 0.207. The van der Waals surface area contributed by atoms with E-state index in [1.165, 1.54) is 10.5 Å². The largest absolute Gasteiger partial charge is 0.480 e. The minimum Gasteiger partial charge on any atom is -0.480 e. The fourth-order valence-electron chi connectivity index (χ4n) is 6.49. The average molecular weight is 578 g/mol. The number of hydrogen-bond acceptors (Lipinski definition) is 3. The number of nitrogens with zero attached hydrogens (tertiary/aromatic N) is 1. The van der Waals surface area contributed by atoms with Gasteiger partial charge in [-0.2, -0.15) is 0 Å². The van der Waals surface area contributed by atoms with Gasteiger partial charge >= 0.3 is 5.97 Å². The van der Waals surface area contributed by atoms with Crippen molar-refractivity contribution in [1.82, 2.24) is 4.90 Å². The zero-order valence-corrected chi connectivity index (χ0v) is 24.1. The van der Waals surface area contributed by atoms with Gasteiger partial charge in [0.1, 0.15) is 17.4 Å². The summed E-state index contributed by atoms with van der Waals surface area (Å²) in [6.07, 6.45) is 1.32. The van der Waals surface area contributed by atoms with Crippen LogP contribution in [0, 0.1) is 0 Å². The summed E-state index contributed by atoms with van der Waals surface area (Å²) in [6.45, 7) is 0.410. The Morgan fingerprint density at radius 2 is 1.30 bits per heavy atom. The Kier molecular flexibility index (Phi) is 7.29. The Bertz CT molecular complexity index is 1930. The zero-order chi connectivity index (χ0) is 30.0. The molecule has 1 saturated heterocycles. The molecule has 2 atom stereocenters. The first-order chi connectivity index (χ1) is 21.6. The van der Waals surface area contributed by atoms with Gasteiger partial charge in [0.2, 0.25) is 0 Å². The van der Waals surface area contributed by atoms with Crippen LogP contribution in [0.1, 0.15) is 39.6 Å². The molecule has 5 nitrogen and oxygen atoms in total. The molecular weight excluding hydrogens is 546 g/mol. The Morgan fingerprint density at radius 1 is 0.705 bits per heavy atom. The van der Waals surface area contributed by atoms with Crippen molar-refractivity contribution in [2.24, 2.45) is 0 Å². The first-order valence-electron chi connectivity index (χ1n) is 14.9. The number of carbonyl (C=O) groups is 2. The molecule has 44 heavy (non-hydrogen) atoms. The van der Waals surface area contributed by atoms with Gasteiger partial charge in [0.05, 0.1) is 0 Å². The fourth-order valence-corrected chi connectivity index (χ4v) is 6.49. The maximum absolute atomic E-state index is 13.5. The third kappa shape index (κ3) is 5.18. The van der Waals surface area contributed by atoms with Gasteiger partial charge in [0, 0.05) is 35.4 Å². The van der Waals surface area contributed by atoms with E-state index in [-0.39, 0.29) is 11.8 Å². The average Bonchev–Trinajstić information content (AvgIpc) is 3.68. The first-order valence-corrected chi connectivity index (χ1v) is 14.9. The maximum atomic E-state index is 13.5. The molecule has 2 unspecified atom stereocenters. The van der Waals surface area contributed by atoms with Crippen LogP contribution in [0.2, 0.25) is 0 Å². The third-order valence-electron chi connectivity index (χ3n) is 8.65. The standard InChI is InChI=1S/C39H31NO4/c41-38(40-24-23-32(37(40)39(42)43)29-11-5-2-6-12-29)31-21-17-28(18-22-31)27-15-19-30(20-16-27)36-33-13-7-8-14-34(33)44-35(36)25-26-9-3-1-4-10-26/h1-22,32,37H,23-25H2,(H,42,43). The molecule has 0 saturated carbocycles. The van der Waals surface area contributed by atoms with E-state index in [2.05, 4.69) is 42.5 Å². The summed E-state index contributed by atoms with van der Waals surface area (Å²) < 4.78 is 6.33. The number of para-hydroxylation sites is 1. The molecule has 1 fully saturated rings. The van der Waals surface area contributed by atoms with E-state index < -0.39 is 12.0 Å². The lowest BCUT2D eigenvalue weighted by Gasteiger charge is -2.25. The van der Waals surface area contributed by atoms with Crippen LogP contribution >= 0.6 is 0 Å². The minimum atomic E-state index is -0.973. The number of fused-ring (bicyclic) bond motifs is 1. The fraction of sp³-hybridized carbons (Fsp3) is 0.128. The molecule has 0 aliphatic carbocycles. The number of rotatable bonds is 7. The van der Waals surface area contributed by atoms with E-state index >= 15 is 0 Å². The molecule has 216 valence electrons. The van der Waals surface area contributed by atoms with E-state index in [0.717, 1.165) is 44.5 Å². The van der Waals surface area contributed by atoms with Crippen LogP contribution < -0.4 is 0 Å². The predicted octanol–water partition coefficient (Wildman–Crippen LogP) is 8.44. The van der Waals surface area contributed by atoms with Crippen molar-refractivity contribution in [2.45, 2.75) is 24.8 Å². The SMILES string of the molecule is O=C(O)C1C(c2ccccc2)CCN1C(=O)c1ccc(-c2ccc(-c3c(Cc4ccccc4)oc4ccccc34)cc2)cc1. The summed E-state index contributed by atoms with van der Waals surface area (Å²) in [6, 6.07) is 43.0. The molecule has 0 bridgehead atoms. The van der Waals surface area contributed by atoms with E-state index in [4.69, 9.17) is 4.42 Å². The second-order valence-electron chi connectivity index (χ2n) is 11.3. The van der Waals surface area contributed by atoms with Gasteiger partial charge < -0.3 is 14.4 Å². The van der Waals surface area contributed by atoms with Crippen LogP contribution in [-0.4, -0.2) is 34.5 Å². The molecule has 6 aromatic rings. The van der Waals surface area contributed by atoms with Crippen LogP contribution in [0.3, 0.4) is 0 Å². The topological polar surface area (TPSA) is 70.8 Å².